The van der Waals surface area contributed by atoms with Crippen LogP contribution < -0.4 is 4.74 Å². The van der Waals surface area contributed by atoms with Crippen molar-refractivity contribution >= 4 is 17.6 Å². The molecule has 0 saturated heterocycles. The van der Waals surface area contributed by atoms with Crippen molar-refractivity contribution in [2.45, 2.75) is 58.9 Å². The smallest absolute Gasteiger partial charge is 0.129 e. The average Bonchev–Trinajstić information content (AvgIpc) is 3.14. The van der Waals surface area contributed by atoms with Gasteiger partial charge in [-0.1, -0.05) is 34.6 Å². The Labute approximate surface area is 173 Å². The van der Waals surface area contributed by atoms with Crippen LogP contribution in [0.3, 0.4) is 0 Å². The molecule has 28 heavy (non-hydrogen) atoms. The molecule has 0 bridgehead atoms. The molecular formula is C23H32N2O2S. The molecule has 4 nitrogen and oxygen atoms in total. The van der Waals surface area contributed by atoms with Gasteiger partial charge in [-0.3, -0.25) is 4.99 Å². The number of hydrogen-bond acceptors (Lipinski definition) is 5. The largest absolute Gasteiger partial charge is 0.493 e. The van der Waals surface area contributed by atoms with Crippen LogP contribution in [-0.2, 0) is 16.6 Å². The Bertz CT molecular complexity index is 834. The van der Waals surface area contributed by atoms with E-state index in [1.165, 1.54) is 11.1 Å². The first-order valence-corrected chi connectivity index (χ1v) is 11.0. The monoisotopic (exact) mass is 400 g/mol. The molecule has 5 heteroatoms. The van der Waals surface area contributed by atoms with Crippen LogP contribution in [0.1, 0.15) is 57.2 Å². The Kier molecular flexibility index (Phi) is 6.56. The summed E-state index contributed by atoms with van der Waals surface area (Å²) in [6.07, 6.45) is 3.86. The first-order chi connectivity index (χ1) is 13.3. The lowest BCUT2D eigenvalue weighted by Crippen LogP contribution is -2.21. The molecule has 2 heterocycles. The van der Waals surface area contributed by atoms with Gasteiger partial charge in [0.15, 0.2) is 0 Å². The Morgan fingerprint density at radius 2 is 2.00 bits per heavy atom. The van der Waals surface area contributed by atoms with Crippen LogP contribution in [0.5, 0.6) is 5.75 Å². The van der Waals surface area contributed by atoms with Gasteiger partial charge in [-0.25, -0.2) is 4.98 Å². The fraction of sp³-hybridized carbons (Fsp3) is 0.565. The summed E-state index contributed by atoms with van der Waals surface area (Å²) in [5, 5.41) is 3.28. The quantitative estimate of drug-likeness (QED) is 0.575. The highest BCUT2D eigenvalue weighted by atomic mass is 32.1. The highest BCUT2D eigenvalue weighted by Crippen LogP contribution is 2.37. The second kappa shape index (κ2) is 8.75. The average molecular weight is 401 g/mol. The fourth-order valence-corrected chi connectivity index (χ4v) is 4.15. The van der Waals surface area contributed by atoms with Gasteiger partial charge in [-0.2, -0.15) is 0 Å². The van der Waals surface area contributed by atoms with Crippen LogP contribution in [-0.4, -0.2) is 37.6 Å². The van der Waals surface area contributed by atoms with E-state index < -0.39 is 0 Å². The zero-order valence-corrected chi connectivity index (χ0v) is 18.7. The van der Waals surface area contributed by atoms with E-state index in [4.69, 9.17) is 19.5 Å². The summed E-state index contributed by atoms with van der Waals surface area (Å²) in [5.74, 6) is 1.45. The lowest BCUT2D eigenvalue weighted by Gasteiger charge is -2.23. The predicted octanol–water partition coefficient (Wildman–Crippen LogP) is 5.52. The van der Waals surface area contributed by atoms with Crippen molar-refractivity contribution in [2.24, 2.45) is 10.9 Å². The zero-order valence-electron chi connectivity index (χ0n) is 17.9. The van der Waals surface area contributed by atoms with E-state index in [9.17, 15) is 0 Å². The Hall–Kier alpha value is -1.72. The molecule has 0 aliphatic carbocycles. The minimum atomic E-state index is 0.0442. The zero-order chi connectivity index (χ0) is 20.3. The molecule has 1 atom stereocenters. The summed E-state index contributed by atoms with van der Waals surface area (Å²) >= 11 is 1.71. The number of ether oxygens (including phenoxy) is 2. The van der Waals surface area contributed by atoms with E-state index >= 15 is 0 Å². The topological polar surface area (TPSA) is 43.7 Å². The van der Waals surface area contributed by atoms with Crippen LogP contribution in [0.4, 0.5) is 0 Å². The molecule has 0 radical (unpaired) electrons. The standard InChI is InChI=1S/C23H32N2O2S/c1-15(2)19-11-16-12-21(27-9-7-8-26-6)18(10-17(16)13-24-19)20-14-28-22(25-20)23(3,4)5/h10,12-15,19H,7-9,11H2,1-6H3. The third-order valence-electron chi connectivity index (χ3n) is 5.02. The molecule has 0 spiro atoms. The molecule has 0 amide bonds. The lowest BCUT2D eigenvalue weighted by molar-refractivity contribution is 0.172. The highest BCUT2D eigenvalue weighted by molar-refractivity contribution is 7.10. The van der Waals surface area contributed by atoms with Gasteiger partial charge in [-0.15, -0.1) is 11.3 Å². The van der Waals surface area contributed by atoms with Crippen molar-refractivity contribution in [1.82, 2.24) is 4.98 Å². The molecule has 0 N–H and O–H groups in total. The van der Waals surface area contributed by atoms with Gasteiger partial charge in [0.2, 0.25) is 0 Å². The number of rotatable bonds is 7. The number of thiazole rings is 1. The molecule has 0 saturated carbocycles. The summed E-state index contributed by atoms with van der Waals surface area (Å²) in [6, 6.07) is 4.74. The first-order valence-electron chi connectivity index (χ1n) is 10.1. The van der Waals surface area contributed by atoms with Crippen molar-refractivity contribution in [1.29, 1.82) is 0 Å². The van der Waals surface area contributed by atoms with Crippen molar-refractivity contribution < 1.29 is 9.47 Å². The van der Waals surface area contributed by atoms with Crippen molar-refractivity contribution in [3.63, 3.8) is 0 Å². The van der Waals surface area contributed by atoms with Crippen molar-refractivity contribution in [2.75, 3.05) is 20.3 Å². The molecule has 1 aliphatic heterocycles. The summed E-state index contributed by atoms with van der Waals surface area (Å²) < 4.78 is 11.3. The first kappa shape index (κ1) is 21.0. The highest BCUT2D eigenvalue weighted by Gasteiger charge is 2.23. The molecule has 1 aromatic heterocycles. The van der Waals surface area contributed by atoms with Gasteiger partial charge in [0.25, 0.3) is 0 Å². The summed E-state index contributed by atoms with van der Waals surface area (Å²) in [5.41, 5.74) is 4.57. The number of benzene rings is 1. The molecular weight excluding hydrogens is 368 g/mol. The van der Waals surface area contributed by atoms with E-state index in [1.54, 1.807) is 18.4 Å². The van der Waals surface area contributed by atoms with Gasteiger partial charge in [-0.05, 0) is 35.6 Å². The van der Waals surface area contributed by atoms with Crippen LogP contribution in [0.2, 0.25) is 0 Å². The lowest BCUT2D eigenvalue weighted by atomic mass is 9.90. The number of aromatic nitrogens is 1. The molecule has 0 fully saturated rings. The van der Waals surface area contributed by atoms with E-state index in [2.05, 4.69) is 52.1 Å². The Morgan fingerprint density at radius 1 is 1.21 bits per heavy atom. The number of aliphatic imine (C=N–C) groups is 1. The predicted molar refractivity (Wildman–Crippen MR) is 118 cm³/mol. The van der Waals surface area contributed by atoms with E-state index in [0.29, 0.717) is 25.2 Å². The molecule has 2 aromatic rings. The van der Waals surface area contributed by atoms with Crippen LogP contribution in [0, 0.1) is 5.92 Å². The normalized spacial score (nSPS) is 16.5. The summed E-state index contributed by atoms with van der Waals surface area (Å²) in [7, 11) is 1.72. The number of nitrogens with zero attached hydrogens (tertiary/aromatic N) is 2. The SMILES string of the molecule is COCCCOc1cc2c(cc1-c1csc(C(C)(C)C)n1)C=NC(C(C)C)C2. The minimum Gasteiger partial charge on any atom is -0.493 e. The van der Waals surface area contributed by atoms with E-state index in [-0.39, 0.29) is 5.41 Å². The maximum absolute atomic E-state index is 6.19. The maximum Gasteiger partial charge on any atom is 0.129 e. The number of fused-ring (bicyclic) bond motifs is 1. The summed E-state index contributed by atoms with van der Waals surface area (Å²) in [4.78, 5) is 9.68. The maximum atomic E-state index is 6.19. The van der Waals surface area contributed by atoms with Crippen LogP contribution in [0.15, 0.2) is 22.5 Å². The van der Waals surface area contributed by atoms with Crippen LogP contribution >= 0.6 is 11.3 Å². The molecule has 152 valence electrons. The minimum absolute atomic E-state index is 0.0442. The fourth-order valence-electron chi connectivity index (χ4n) is 3.24. The van der Waals surface area contributed by atoms with Gasteiger partial charge >= 0.3 is 0 Å². The second-order valence-corrected chi connectivity index (χ2v) is 9.68. The molecule has 1 aromatic carbocycles. The van der Waals surface area contributed by atoms with E-state index in [1.807, 2.05) is 6.21 Å². The van der Waals surface area contributed by atoms with Crippen molar-refractivity contribution in [3.8, 4) is 17.0 Å². The number of methoxy groups -OCH3 is 1. The Balaban J connectivity index is 1.96. The number of hydrogen-bond donors (Lipinski definition) is 0. The van der Waals surface area contributed by atoms with E-state index in [0.717, 1.165) is 34.9 Å². The second-order valence-electron chi connectivity index (χ2n) is 8.82. The van der Waals surface area contributed by atoms with Crippen molar-refractivity contribution in [3.05, 3.63) is 33.6 Å². The third kappa shape index (κ3) is 4.81. The van der Waals surface area contributed by atoms with Gasteiger partial charge < -0.3 is 9.47 Å². The Morgan fingerprint density at radius 3 is 2.64 bits per heavy atom. The third-order valence-corrected chi connectivity index (χ3v) is 6.29. The summed E-state index contributed by atoms with van der Waals surface area (Å²) in [6.45, 7) is 12.4. The van der Waals surface area contributed by atoms with Gasteiger partial charge in [0.05, 0.1) is 23.4 Å². The molecule has 3 rings (SSSR count). The van der Waals surface area contributed by atoms with Gasteiger partial charge in [0.1, 0.15) is 5.75 Å². The van der Waals surface area contributed by atoms with Gasteiger partial charge in [0, 0.05) is 42.7 Å². The molecule has 1 unspecified atom stereocenters. The molecule has 1 aliphatic rings. The van der Waals surface area contributed by atoms with Crippen LogP contribution in [0.25, 0.3) is 11.3 Å².